The van der Waals surface area contributed by atoms with Gasteiger partial charge >= 0.3 is 0 Å². The molecule has 2 N–H and O–H groups in total. The third kappa shape index (κ3) is 4.25. The number of aliphatic hydroxyl groups excluding tert-OH is 1. The molecule has 1 atom stereocenters. The lowest BCUT2D eigenvalue weighted by atomic mass is 9.77. The van der Waals surface area contributed by atoms with Crippen molar-refractivity contribution in [2.24, 2.45) is 4.36 Å². The van der Waals surface area contributed by atoms with E-state index in [-0.39, 0.29) is 24.4 Å². The summed E-state index contributed by atoms with van der Waals surface area (Å²) < 4.78 is 35.8. The second-order valence-electron chi connectivity index (χ2n) is 8.63. The third-order valence-electron chi connectivity index (χ3n) is 6.51. The average molecular weight is 497 g/mol. The van der Waals surface area contributed by atoms with Gasteiger partial charge in [0.05, 0.1) is 21.9 Å². The molecule has 172 valence electrons. The normalized spacial score (nSPS) is 28.3. The van der Waals surface area contributed by atoms with E-state index in [9.17, 15) is 13.5 Å². The molecule has 1 aromatic carbocycles. The highest BCUT2D eigenvalue weighted by Gasteiger charge is 2.39. The van der Waals surface area contributed by atoms with Gasteiger partial charge in [0.25, 0.3) is 5.95 Å². The first-order valence-corrected chi connectivity index (χ1v) is 14.2. The molecule has 1 aliphatic carbocycles. The number of aliphatic hydroxyl groups is 1. The number of hydrogen-bond acceptors (Lipinski definition) is 8. The van der Waals surface area contributed by atoms with Gasteiger partial charge in [-0.05, 0) is 55.7 Å². The Labute approximate surface area is 194 Å². The van der Waals surface area contributed by atoms with Crippen LogP contribution < -0.4 is 10.1 Å². The molecule has 3 heterocycles. The number of anilines is 1. The Morgan fingerprint density at radius 1 is 1.25 bits per heavy atom. The second-order valence-corrected chi connectivity index (χ2v) is 12.9. The minimum atomic E-state index is -2.52. The highest BCUT2D eigenvalue weighted by Crippen LogP contribution is 2.40. The van der Waals surface area contributed by atoms with Gasteiger partial charge in [0.1, 0.15) is 15.7 Å². The molecule has 1 saturated heterocycles. The van der Waals surface area contributed by atoms with E-state index < -0.39 is 26.1 Å². The number of fused-ring (bicyclic) bond motifs is 1. The Bertz CT molecular complexity index is 1160. The van der Waals surface area contributed by atoms with Crippen molar-refractivity contribution < 1.29 is 18.3 Å². The molecule has 0 unspecified atom stereocenters. The molecule has 0 radical (unpaired) electrons. The smallest absolute Gasteiger partial charge is 0.263 e. The van der Waals surface area contributed by atoms with Crippen LogP contribution in [0.3, 0.4) is 0 Å². The van der Waals surface area contributed by atoms with Crippen molar-refractivity contribution in [2.75, 3.05) is 29.4 Å². The van der Waals surface area contributed by atoms with Gasteiger partial charge in [0.2, 0.25) is 5.88 Å². The number of benzene rings is 1. The van der Waals surface area contributed by atoms with Crippen LogP contribution in [0.25, 0.3) is 0 Å². The topological polar surface area (TPSA) is 114 Å². The molecule has 0 bridgehead atoms. The molecule has 32 heavy (non-hydrogen) atoms. The number of nitrogens with one attached hydrogen (secondary N) is 1. The summed E-state index contributed by atoms with van der Waals surface area (Å²) in [5, 5.41) is 13.8. The Kier molecular flexibility index (Phi) is 5.90. The van der Waals surface area contributed by atoms with Crippen molar-refractivity contribution in [3.63, 3.8) is 0 Å². The number of ether oxygens (including phenoxy) is 1. The monoisotopic (exact) mass is 496 g/mol. The van der Waals surface area contributed by atoms with E-state index in [4.69, 9.17) is 16.3 Å². The second kappa shape index (κ2) is 8.55. The average Bonchev–Trinajstić information content (AvgIpc) is 3.12. The van der Waals surface area contributed by atoms with E-state index in [1.54, 1.807) is 0 Å². The van der Waals surface area contributed by atoms with Crippen molar-refractivity contribution >= 4 is 43.9 Å². The van der Waals surface area contributed by atoms with Crippen LogP contribution in [0.15, 0.2) is 33.5 Å². The first kappa shape index (κ1) is 22.1. The summed E-state index contributed by atoms with van der Waals surface area (Å²) >= 11 is 5.99. The van der Waals surface area contributed by atoms with Crippen molar-refractivity contribution in [3.8, 4) is 5.88 Å². The summed E-state index contributed by atoms with van der Waals surface area (Å²) in [6.45, 7) is -0.0470. The largest absolute Gasteiger partial charge is 0.463 e. The number of rotatable bonds is 5. The molecule has 2 aromatic rings. The molecule has 3 aliphatic rings. The van der Waals surface area contributed by atoms with Gasteiger partial charge in [0.15, 0.2) is 11.8 Å². The fourth-order valence-corrected chi connectivity index (χ4v) is 7.55. The fraction of sp³-hybridized carbons (Fsp3) is 0.524. The molecule has 0 amide bonds. The van der Waals surface area contributed by atoms with Crippen LogP contribution in [0.4, 0.5) is 11.8 Å². The highest BCUT2D eigenvalue weighted by atomic mass is 35.5. The summed E-state index contributed by atoms with van der Waals surface area (Å²) in [5.41, 5.74) is 0.715. The van der Waals surface area contributed by atoms with Crippen LogP contribution in [0, 0.1) is 0 Å². The van der Waals surface area contributed by atoms with Crippen molar-refractivity contribution in [1.29, 1.82) is 0 Å². The highest BCUT2D eigenvalue weighted by molar-refractivity contribution is 7.93. The van der Waals surface area contributed by atoms with Gasteiger partial charge in [-0.25, -0.2) is 4.21 Å². The fourth-order valence-electron chi connectivity index (χ4n) is 4.40. The summed E-state index contributed by atoms with van der Waals surface area (Å²) in [4.78, 5) is 9.16. The maximum atomic E-state index is 13.5. The zero-order chi connectivity index (χ0) is 22.3. The Morgan fingerprint density at radius 2 is 1.97 bits per heavy atom. The predicted octanol–water partition coefficient (Wildman–Crippen LogP) is 3.59. The van der Waals surface area contributed by atoms with Gasteiger partial charge in [-0.1, -0.05) is 23.7 Å². The molecular formula is C21H25ClN4O4S2. The lowest BCUT2D eigenvalue weighted by molar-refractivity contribution is 0.143. The first-order chi connectivity index (χ1) is 15.4. The maximum Gasteiger partial charge on any atom is 0.263 e. The molecule has 2 fully saturated rings. The number of hydrogen-bond donors (Lipinski definition) is 2. The standard InChI is InChI=1S/C21H25ClN4O4S2/c22-16-4-2-14(3-5-16)15-6-10-32(29,11-7-15)26-20-23-18(25-21(12-27)8-1-9-21)17-19(24-20)30-13-31(17)28/h2-5,15,27H,1,6-13H2,(H,23,24,25)/t15?,31-,32?/m1/s1. The maximum absolute atomic E-state index is 13.5. The van der Waals surface area contributed by atoms with Crippen molar-refractivity contribution in [2.45, 2.75) is 48.5 Å². The van der Waals surface area contributed by atoms with Gasteiger partial charge < -0.3 is 15.2 Å². The lowest BCUT2D eigenvalue weighted by Gasteiger charge is -2.41. The summed E-state index contributed by atoms with van der Waals surface area (Å²) in [6.07, 6.45) is 4.11. The Hall–Kier alpha value is -1.75. The van der Waals surface area contributed by atoms with Gasteiger partial charge in [-0.15, -0.1) is 0 Å². The SMILES string of the molecule is O=[S@@]1COc2nc(N=S3(=O)CCC(c4ccc(Cl)cc4)CC3)nc(NC3(CO)CCC3)c21. The lowest BCUT2D eigenvalue weighted by Crippen LogP contribution is -2.48. The van der Waals surface area contributed by atoms with Crippen LogP contribution in [-0.4, -0.2) is 53.1 Å². The number of aromatic nitrogens is 2. The van der Waals surface area contributed by atoms with E-state index in [1.165, 1.54) is 5.56 Å². The number of halogens is 1. The summed E-state index contributed by atoms with van der Waals surface area (Å²) in [7, 11) is -3.91. The number of nitrogens with zero attached hydrogens (tertiary/aromatic N) is 3. The predicted molar refractivity (Wildman–Crippen MR) is 125 cm³/mol. The summed E-state index contributed by atoms with van der Waals surface area (Å²) in [5.74, 6) is 1.89. The van der Waals surface area contributed by atoms with Gasteiger partial charge in [-0.3, -0.25) is 4.21 Å². The van der Waals surface area contributed by atoms with E-state index in [0.29, 0.717) is 33.2 Å². The minimum absolute atomic E-state index is 0.00637. The Morgan fingerprint density at radius 3 is 2.59 bits per heavy atom. The van der Waals surface area contributed by atoms with Crippen LogP contribution >= 0.6 is 11.6 Å². The summed E-state index contributed by atoms with van der Waals surface area (Å²) in [6, 6.07) is 7.80. The molecular weight excluding hydrogens is 472 g/mol. The van der Waals surface area contributed by atoms with Crippen LogP contribution in [-0.2, 0) is 20.5 Å². The molecule has 0 spiro atoms. The Balaban J connectivity index is 1.41. The molecule has 1 aromatic heterocycles. The van der Waals surface area contributed by atoms with Gasteiger partial charge in [0, 0.05) is 16.5 Å². The molecule has 11 heteroatoms. The minimum Gasteiger partial charge on any atom is -0.463 e. The first-order valence-electron chi connectivity index (χ1n) is 10.7. The van der Waals surface area contributed by atoms with Gasteiger partial charge in [-0.2, -0.15) is 14.3 Å². The molecule has 1 saturated carbocycles. The quantitative estimate of drug-likeness (QED) is 0.650. The third-order valence-corrected chi connectivity index (χ3v) is 10.2. The molecule has 2 aliphatic heterocycles. The van der Waals surface area contributed by atoms with Crippen LogP contribution in [0.5, 0.6) is 5.88 Å². The zero-order valence-electron chi connectivity index (χ0n) is 17.5. The van der Waals surface area contributed by atoms with Crippen LogP contribution in [0.2, 0.25) is 5.02 Å². The van der Waals surface area contributed by atoms with Crippen molar-refractivity contribution in [1.82, 2.24) is 9.97 Å². The molecule has 5 rings (SSSR count). The van der Waals surface area contributed by atoms with Crippen molar-refractivity contribution in [3.05, 3.63) is 34.9 Å². The van der Waals surface area contributed by atoms with E-state index in [0.717, 1.165) is 32.1 Å². The van der Waals surface area contributed by atoms with E-state index >= 15 is 0 Å². The van der Waals surface area contributed by atoms with Crippen LogP contribution in [0.1, 0.15) is 43.6 Å². The zero-order valence-corrected chi connectivity index (χ0v) is 19.8. The molecule has 8 nitrogen and oxygen atoms in total. The van der Waals surface area contributed by atoms with E-state index in [2.05, 4.69) is 19.6 Å². The van der Waals surface area contributed by atoms with E-state index in [1.807, 2.05) is 24.3 Å².